The third-order valence-corrected chi connectivity index (χ3v) is 6.17. The highest BCUT2D eigenvalue weighted by Gasteiger charge is 2.46. The van der Waals surface area contributed by atoms with Crippen molar-refractivity contribution in [3.05, 3.63) is 21.4 Å². The van der Waals surface area contributed by atoms with Gasteiger partial charge in [0.1, 0.15) is 5.60 Å². The molecule has 0 aliphatic carbocycles. The SMILES string of the molecule is C[C@H]1C[C@@]2(CCN1C(=O)OC(C)(C)C)OCCc1sc(CC(F)F)cc12. The summed E-state index contributed by atoms with van der Waals surface area (Å²) >= 11 is 1.48. The quantitative estimate of drug-likeness (QED) is 0.736. The van der Waals surface area contributed by atoms with Crippen LogP contribution in [0.1, 0.15) is 55.9 Å². The molecule has 2 aliphatic rings. The molecule has 146 valence electrons. The van der Waals surface area contributed by atoms with Crippen molar-refractivity contribution in [1.82, 2.24) is 4.90 Å². The van der Waals surface area contributed by atoms with Crippen molar-refractivity contribution < 1.29 is 23.0 Å². The van der Waals surface area contributed by atoms with Gasteiger partial charge >= 0.3 is 6.09 Å². The third-order valence-electron chi connectivity index (χ3n) is 4.96. The van der Waals surface area contributed by atoms with Crippen molar-refractivity contribution >= 4 is 17.4 Å². The first-order valence-corrected chi connectivity index (χ1v) is 9.95. The van der Waals surface area contributed by atoms with E-state index in [1.165, 1.54) is 11.3 Å². The van der Waals surface area contributed by atoms with Crippen LogP contribution in [-0.2, 0) is 27.9 Å². The number of carbonyl (C=O) groups is 1. The van der Waals surface area contributed by atoms with Crippen molar-refractivity contribution in [3.8, 4) is 0 Å². The highest BCUT2D eigenvalue weighted by Crippen LogP contribution is 2.46. The lowest BCUT2D eigenvalue weighted by Crippen LogP contribution is -2.53. The van der Waals surface area contributed by atoms with Gasteiger partial charge in [-0.1, -0.05) is 0 Å². The summed E-state index contributed by atoms with van der Waals surface area (Å²) in [5.41, 5.74) is 0.0560. The highest BCUT2D eigenvalue weighted by atomic mass is 32.1. The van der Waals surface area contributed by atoms with Crippen LogP contribution >= 0.6 is 11.3 Å². The first-order chi connectivity index (χ1) is 12.1. The molecule has 0 N–H and O–H groups in total. The zero-order chi connectivity index (χ0) is 19.1. The van der Waals surface area contributed by atoms with Crippen LogP contribution < -0.4 is 0 Å². The molecule has 0 unspecified atom stereocenters. The maximum absolute atomic E-state index is 12.8. The molecule has 2 aliphatic heterocycles. The molecule has 3 heterocycles. The number of halogens is 2. The predicted molar refractivity (Wildman–Crippen MR) is 97.0 cm³/mol. The van der Waals surface area contributed by atoms with Gasteiger partial charge in [0.2, 0.25) is 6.43 Å². The molecule has 1 saturated heterocycles. The first-order valence-electron chi connectivity index (χ1n) is 9.13. The van der Waals surface area contributed by atoms with E-state index in [2.05, 4.69) is 0 Å². The van der Waals surface area contributed by atoms with Crippen molar-refractivity contribution in [2.75, 3.05) is 13.2 Å². The van der Waals surface area contributed by atoms with E-state index >= 15 is 0 Å². The van der Waals surface area contributed by atoms with Crippen molar-refractivity contribution in [2.24, 2.45) is 0 Å². The number of ether oxygens (including phenoxy) is 2. The third kappa shape index (κ3) is 4.03. The second-order valence-corrected chi connectivity index (χ2v) is 9.44. The molecule has 1 aromatic heterocycles. The van der Waals surface area contributed by atoms with Gasteiger partial charge in [-0.15, -0.1) is 11.3 Å². The van der Waals surface area contributed by atoms with E-state index in [-0.39, 0.29) is 18.6 Å². The first kappa shape index (κ1) is 19.5. The lowest BCUT2D eigenvalue weighted by atomic mass is 9.79. The summed E-state index contributed by atoms with van der Waals surface area (Å²) in [4.78, 5) is 16.1. The molecule has 1 amide bonds. The molecule has 4 nitrogen and oxygen atoms in total. The zero-order valence-corrected chi connectivity index (χ0v) is 16.6. The van der Waals surface area contributed by atoms with Crippen LogP contribution in [0.4, 0.5) is 13.6 Å². The maximum Gasteiger partial charge on any atom is 0.410 e. The number of hydrogen-bond acceptors (Lipinski definition) is 4. The Morgan fingerprint density at radius 1 is 1.50 bits per heavy atom. The lowest BCUT2D eigenvalue weighted by Gasteiger charge is -2.47. The standard InChI is InChI=1S/C19H27F2NO3S/c1-12-11-19(6-7-22(12)17(23)25-18(2,3)4)14-9-13(10-16(20)21)26-15(14)5-8-24-19/h9,12,16H,5-8,10-11H2,1-4H3/t12-,19+/m0/s1. The molecule has 1 fully saturated rings. The van der Waals surface area contributed by atoms with Crippen LogP contribution in [0.2, 0.25) is 0 Å². The predicted octanol–water partition coefficient (Wildman–Crippen LogP) is 4.74. The van der Waals surface area contributed by atoms with Crippen molar-refractivity contribution in [2.45, 2.75) is 77.0 Å². The van der Waals surface area contributed by atoms with E-state index in [1.54, 1.807) is 4.90 Å². The molecule has 0 radical (unpaired) electrons. The van der Waals surface area contributed by atoms with E-state index in [0.29, 0.717) is 26.0 Å². The Hall–Kier alpha value is -1.21. The number of amides is 1. The van der Waals surface area contributed by atoms with Gasteiger partial charge < -0.3 is 14.4 Å². The fraction of sp³-hybridized carbons (Fsp3) is 0.737. The Labute approximate surface area is 157 Å². The van der Waals surface area contributed by atoms with Gasteiger partial charge in [0.05, 0.1) is 12.2 Å². The summed E-state index contributed by atoms with van der Waals surface area (Å²) < 4.78 is 37.2. The zero-order valence-electron chi connectivity index (χ0n) is 15.8. The van der Waals surface area contributed by atoms with E-state index in [1.807, 2.05) is 33.8 Å². The summed E-state index contributed by atoms with van der Waals surface area (Å²) in [6.45, 7) is 8.69. The second-order valence-electron chi connectivity index (χ2n) is 8.21. The average molecular weight is 387 g/mol. The Morgan fingerprint density at radius 3 is 2.85 bits per heavy atom. The molecule has 7 heteroatoms. The molecule has 3 rings (SSSR count). The van der Waals surface area contributed by atoms with E-state index < -0.39 is 17.6 Å². The number of rotatable bonds is 2. The molecule has 0 aromatic carbocycles. The van der Waals surface area contributed by atoms with Gasteiger partial charge in [0, 0.05) is 41.6 Å². The van der Waals surface area contributed by atoms with E-state index in [0.717, 1.165) is 21.7 Å². The summed E-state index contributed by atoms with van der Waals surface area (Å²) in [6.07, 6.45) is -0.749. The van der Waals surface area contributed by atoms with Gasteiger partial charge in [-0.25, -0.2) is 13.6 Å². The van der Waals surface area contributed by atoms with Gasteiger partial charge in [0.25, 0.3) is 0 Å². The van der Waals surface area contributed by atoms with E-state index in [4.69, 9.17) is 9.47 Å². The molecule has 0 saturated carbocycles. The average Bonchev–Trinajstić information content (AvgIpc) is 2.88. The van der Waals surface area contributed by atoms with Crippen molar-refractivity contribution in [1.29, 1.82) is 0 Å². The summed E-state index contributed by atoms with van der Waals surface area (Å²) in [7, 11) is 0. The van der Waals surface area contributed by atoms with Gasteiger partial charge in [-0.3, -0.25) is 0 Å². The largest absolute Gasteiger partial charge is 0.444 e. The summed E-state index contributed by atoms with van der Waals surface area (Å²) in [6, 6.07) is 1.87. The maximum atomic E-state index is 12.8. The van der Waals surface area contributed by atoms with Crippen LogP contribution in [0.3, 0.4) is 0 Å². The minimum Gasteiger partial charge on any atom is -0.444 e. The number of hydrogen-bond donors (Lipinski definition) is 0. The highest BCUT2D eigenvalue weighted by molar-refractivity contribution is 7.12. The fourth-order valence-electron chi connectivity index (χ4n) is 3.90. The monoisotopic (exact) mass is 387 g/mol. The molecule has 2 atom stereocenters. The topological polar surface area (TPSA) is 38.8 Å². The Balaban J connectivity index is 1.78. The van der Waals surface area contributed by atoms with Crippen LogP contribution in [0.5, 0.6) is 0 Å². The molecular weight excluding hydrogens is 360 g/mol. The Kier molecular flexibility index (Phi) is 5.32. The van der Waals surface area contributed by atoms with Crippen LogP contribution in [0.25, 0.3) is 0 Å². The molecule has 1 aromatic rings. The van der Waals surface area contributed by atoms with Crippen LogP contribution in [0, 0.1) is 0 Å². The van der Waals surface area contributed by atoms with E-state index in [9.17, 15) is 13.6 Å². The molecular formula is C19H27F2NO3S. The number of likely N-dealkylation sites (tertiary alicyclic amines) is 1. The second kappa shape index (κ2) is 7.08. The number of fused-ring (bicyclic) bond motifs is 2. The molecule has 1 spiro atoms. The Bertz CT molecular complexity index is 670. The number of nitrogens with zero attached hydrogens (tertiary/aromatic N) is 1. The number of piperidine rings is 1. The molecule has 0 bridgehead atoms. The normalized spacial score (nSPS) is 26.3. The van der Waals surface area contributed by atoms with Crippen LogP contribution in [0.15, 0.2) is 6.07 Å². The van der Waals surface area contributed by atoms with Gasteiger partial charge in [0.15, 0.2) is 0 Å². The minimum atomic E-state index is -2.33. The van der Waals surface area contributed by atoms with Crippen LogP contribution in [-0.4, -0.2) is 42.2 Å². The minimum absolute atomic E-state index is 0.0389. The van der Waals surface area contributed by atoms with Gasteiger partial charge in [-0.2, -0.15) is 0 Å². The van der Waals surface area contributed by atoms with Gasteiger partial charge in [-0.05, 0) is 45.7 Å². The Morgan fingerprint density at radius 2 is 2.23 bits per heavy atom. The number of alkyl halides is 2. The summed E-state index contributed by atoms with van der Waals surface area (Å²) in [5.74, 6) is 0. The number of carbonyl (C=O) groups excluding carboxylic acids is 1. The lowest BCUT2D eigenvalue weighted by molar-refractivity contribution is -0.110. The molecule has 26 heavy (non-hydrogen) atoms. The summed E-state index contributed by atoms with van der Waals surface area (Å²) in [5, 5.41) is 0. The fourth-order valence-corrected chi connectivity index (χ4v) is 5.15. The number of thiophene rings is 1. The smallest absolute Gasteiger partial charge is 0.410 e. The van der Waals surface area contributed by atoms with Crippen molar-refractivity contribution in [3.63, 3.8) is 0 Å².